The standard InChI is InChI=1S/C14H17ClN2O2/c1-3-5-6-17(4-2)12-8-11-9(7-10(12)15)13(18)14(19)16-11/h7-8H,3-6H2,1-2H3,(H,16,18,19). The summed E-state index contributed by atoms with van der Waals surface area (Å²) in [6.45, 7) is 5.94. The molecule has 19 heavy (non-hydrogen) atoms. The van der Waals surface area contributed by atoms with E-state index in [1.807, 2.05) is 0 Å². The third kappa shape index (κ3) is 2.59. The Hall–Kier alpha value is -1.55. The maximum atomic E-state index is 11.6. The predicted octanol–water partition coefficient (Wildman–Crippen LogP) is 3.10. The molecule has 1 aliphatic heterocycles. The Kier molecular flexibility index (Phi) is 4.10. The summed E-state index contributed by atoms with van der Waals surface area (Å²) >= 11 is 6.24. The molecule has 0 aliphatic carbocycles. The number of benzene rings is 1. The van der Waals surface area contributed by atoms with Gasteiger partial charge in [-0.1, -0.05) is 24.9 Å². The predicted molar refractivity (Wildman–Crippen MR) is 77.2 cm³/mol. The van der Waals surface area contributed by atoms with Crippen molar-refractivity contribution in [3.8, 4) is 0 Å². The summed E-state index contributed by atoms with van der Waals surface area (Å²) in [5, 5.41) is 3.09. The number of unbranched alkanes of at least 4 members (excludes halogenated alkanes) is 1. The number of nitrogens with one attached hydrogen (secondary N) is 1. The van der Waals surface area contributed by atoms with Crippen molar-refractivity contribution >= 4 is 34.7 Å². The van der Waals surface area contributed by atoms with Gasteiger partial charge in [-0.15, -0.1) is 0 Å². The molecule has 1 N–H and O–H groups in total. The number of hydrogen-bond acceptors (Lipinski definition) is 3. The smallest absolute Gasteiger partial charge is 0.296 e. The van der Waals surface area contributed by atoms with Crippen LogP contribution in [0.25, 0.3) is 0 Å². The third-order valence-electron chi connectivity index (χ3n) is 3.29. The van der Waals surface area contributed by atoms with Crippen LogP contribution in [-0.4, -0.2) is 24.8 Å². The highest BCUT2D eigenvalue weighted by Crippen LogP contribution is 2.35. The molecule has 0 saturated heterocycles. The molecule has 0 spiro atoms. The zero-order valence-electron chi connectivity index (χ0n) is 11.1. The van der Waals surface area contributed by atoms with Gasteiger partial charge in [-0.3, -0.25) is 9.59 Å². The molecule has 0 bridgehead atoms. The molecule has 102 valence electrons. The Balaban J connectivity index is 2.35. The fraction of sp³-hybridized carbons (Fsp3) is 0.429. The zero-order chi connectivity index (χ0) is 14.0. The molecule has 5 heteroatoms. The Morgan fingerprint density at radius 1 is 1.26 bits per heavy atom. The highest BCUT2D eigenvalue weighted by molar-refractivity contribution is 6.52. The second-order valence-electron chi connectivity index (χ2n) is 4.57. The van der Waals surface area contributed by atoms with Crippen molar-refractivity contribution in [2.75, 3.05) is 23.3 Å². The summed E-state index contributed by atoms with van der Waals surface area (Å²) in [4.78, 5) is 25.1. The molecule has 2 rings (SSSR count). The van der Waals surface area contributed by atoms with E-state index in [1.165, 1.54) is 0 Å². The lowest BCUT2D eigenvalue weighted by molar-refractivity contribution is -0.112. The molecule has 1 aromatic rings. The highest BCUT2D eigenvalue weighted by Gasteiger charge is 2.29. The number of ketones is 1. The first-order chi connectivity index (χ1) is 9.08. The number of carbonyl (C=O) groups excluding carboxylic acids is 2. The molecule has 0 saturated carbocycles. The van der Waals surface area contributed by atoms with E-state index >= 15 is 0 Å². The van der Waals surface area contributed by atoms with Gasteiger partial charge in [0.15, 0.2) is 0 Å². The molecule has 1 heterocycles. The van der Waals surface area contributed by atoms with Gasteiger partial charge >= 0.3 is 0 Å². The lowest BCUT2D eigenvalue weighted by atomic mass is 10.1. The van der Waals surface area contributed by atoms with Crippen LogP contribution in [0.2, 0.25) is 5.02 Å². The van der Waals surface area contributed by atoms with E-state index in [1.54, 1.807) is 12.1 Å². The molecule has 0 atom stereocenters. The first kappa shape index (κ1) is 13.9. The van der Waals surface area contributed by atoms with Gasteiger partial charge in [0.2, 0.25) is 0 Å². The SMILES string of the molecule is CCCCN(CC)c1cc2c(cc1Cl)C(=O)C(=O)N2. The van der Waals surface area contributed by atoms with E-state index in [0.717, 1.165) is 31.6 Å². The number of fused-ring (bicyclic) bond motifs is 1. The first-order valence-electron chi connectivity index (χ1n) is 6.52. The monoisotopic (exact) mass is 280 g/mol. The van der Waals surface area contributed by atoms with Gasteiger partial charge < -0.3 is 10.2 Å². The molecule has 0 radical (unpaired) electrons. The summed E-state index contributed by atoms with van der Waals surface area (Å²) in [6.07, 6.45) is 2.18. The molecular weight excluding hydrogens is 264 g/mol. The Morgan fingerprint density at radius 3 is 2.63 bits per heavy atom. The summed E-state index contributed by atoms with van der Waals surface area (Å²) in [6, 6.07) is 3.38. The molecule has 0 unspecified atom stereocenters. The summed E-state index contributed by atoms with van der Waals surface area (Å²) < 4.78 is 0. The highest BCUT2D eigenvalue weighted by atomic mass is 35.5. The minimum atomic E-state index is -0.583. The van der Waals surface area contributed by atoms with Crippen LogP contribution in [-0.2, 0) is 4.79 Å². The van der Waals surface area contributed by atoms with E-state index in [0.29, 0.717) is 16.3 Å². The Labute approximate surface area is 117 Å². The van der Waals surface area contributed by atoms with Crippen LogP contribution < -0.4 is 10.2 Å². The van der Waals surface area contributed by atoms with Crippen LogP contribution in [0.5, 0.6) is 0 Å². The largest absolute Gasteiger partial charge is 0.371 e. The number of anilines is 2. The first-order valence-corrected chi connectivity index (χ1v) is 6.90. The van der Waals surface area contributed by atoms with E-state index in [-0.39, 0.29) is 0 Å². The summed E-state index contributed by atoms with van der Waals surface area (Å²) in [5.41, 5.74) is 1.79. The number of Topliss-reactive ketones (excluding diaryl/α,β-unsaturated/α-hetero) is 1. The molecule has 1 aromatic carbocycles. The van der Waals surface area contributed by atoms with Crippen LogP contribution in [0.3, 0.4) is 0 Å². The Morgan fingerprint density at radius 2 is 2.00 bits per heavy atom. The van der Waals surface area contributed by atoms with Crippen LogP contribution >= 0.6 is 11.6 Å². The van der Waals surface area contributed by atoms with E-state index in [4.69, 9.17) is 11.6 Å². The van der Waals surface area contributed by atoms with Crippen LogP contribution in [0.1, 0.15) is 37.0 Å². The van der Waals surface area contributed by atoms with Crippen molar-refractivity contribution < 1.29 is 9.59 Å². The van der Waals surface area contributed by atoms with Crippen molar-refractivity contribution in [2.24, 2.45) is 0 Å². The minimum Gasteiger partial charge on any atom is -0.371 e. The number of rotatable bonds is 5. The molecule has 0 aromatic heterocycles. The number of nitrogens with zero attached hydrogens (tertiary/aromatic N) is 1. The molecular formula is C14H17ClN2O2. The van der Waals surface area contributed by atoms with Gasteiger partial charge in [0.1, 0.15) is 0 Å². The van der Waals surface area contributed by atoms with Crippen molar-refractivity contribution in [1.82, 2.24) is 0 Å². The second kappa shape index (κ2) is 5.61. The van der Waals surface area contributed by atoms with Crippen molar-refractivity contribution in [3.05, 3.63) is 22.7 Å². The van der Waals surface area contributed by atoms with Crippen molar-refractivity contribution in [2.45, 2.75) is 26.7 Å². The quantitative estimate of drug-likeness (QED) is 0.843. The minimum absolute atomic E-state index is 0.366. The van der Waals surface area contributed by atoms with Crippen LogP contribution in [0.15, 0.2) is 12.1 Å². The van der Waals surface area contributed by atoms with Gasteiger partial charge in [-0.25, -0.2) is 0 Å². The zero-order valence-corrected chi connectivity index (χ0v) is 11.9. The Bertz CT molecular complexity index is 528. The third-order valence-corrected chi connectivity index (χ3v) is 3.59. The van der Waals surface area contributed by atoms with Crippen LogP contribution in [0.4, 0.5) is 11.4 Å². The van der Waals surface area contributed by atoms with Gasteiger partial charge in [-0.05, 0) is 25.5 Å². The molecule has 0 fully saturated rings. The molecule has 1 aliphatic rings. The fourth-order valence-electron chi connectivity index (χ4n) is 2.19. The number of hydrogen-bond donors (Lipinski definition) is 1. The van der Waals surface area contributed by atoms with E-state index in [9.17, 15) is 9.59 Å². The van der Waals surface area contributed by atoms with E-state index < -0.39 is 11.7 Å². The average molecular weight is 281 g/mol. The van der Waals surface area contributed by atoms with Gasteiger partial charge in [0.05, 0.1) is 22.0 Å². The fourth-order valence-corrected chi connectivity index (χ4v) is 2.48. The number of carbonyl (C=O) groups is 2. The van der Waals surface area contributed by atoms with Gasteiger partial charge in [0.25, 0.3) is 11.7 Å². The maximum Gasteiger partial charge on any atom is 0.296 e. The average Bonchev–Trinajstić information content (AvgIpc) is 2.66. The summed E-state index contributed by atoms with van der Waals surface area (Å²) in [5.74, 6) is -1.10. The summed E-state index contributed by atoms with van der Waals surface area (Å²) in [7, 11) is 0. The number of amides is 1. The van der Waals surface area contributed by atoms with Crippen LogP contribution in [0, 0.1) is 0 Å². The van der Waals surface area contributed by atoms with E-state index in [2.05, 4.69) is 24.1 Å². The lowest BCUT2D eigenvalue weighted by Gasteiger charge is -2.24. The topological polar surface area (TPSA) is 49.4 Å². The lowest BCUT2D eigenvalue weighted by Crippen LogP contribution is -2.24. The maximum absolute atomic E-state index is 11.6. The normalized spacial score (nSPS) is 13.4. The van der Waals surface area contributed by atoms with Crippen molar-refractivity contribution in [3.63, 3.8) is 0 Å². The van der Waals surface area contributed by atoms with Gasteiger partial charge in [-0.2, -0.15) is 0 Å². The molecule has 4 nitrogen and oxygen atoms in total. The van der Waals surface area contributed by atoms with Crippen molar-refractivity contribution in [1.29, 1.82) is 0 Å². The molecule has 1 amide bonds. The number of halogens is 1. The second-order valence-corrected chi connectivity index (χ2v) is 4.97. The van der Waals surface area contributed by atoms with Gasteiger partial charge in [0, 0.05) is 13.1 Å².